The van der Waals surface area contributed by atoms with E-state index >= 15 is 0 Å². The van der Waals surface area contributed by atoms with Crippen molar-refractivity contribution < 1.29 is 17.9 Å². The molecule has 8 heteroatoms. The van der Waals surface area contributed by atoms with Crippen LogP contribution in [0.25, 0.3) is 11.1 Å². The van der Waals surface area contributed by atoms with Gasteiger partial charge < -0.3 is 15.0 Å². The summed E-state index contributed by atoms with van der Waals surface area (Å²) in [5.41, 5.74) is 3.08. The lowest BCUT2D eigenvalue weighted by Crippen LogP contribution is -2.51. The van der Waals surface area contributed by atoms with Gasteiger partial charge in [0, 0.05) is 18.2 Å². The minimum Gasteiger partial charge on any atom is -0.491 e. The molecule has 0 radical (unpaired) electrons. The molecule has 2 atom stereocenters. The van der Waals surface area contributed by atoms with E-state index in [-0.39, 0.29) is 23.9 Å². The van der Waals surface area contributed by atoms with Crippen LogP contribution in [0.2, 0.25) is 0 Å². The summed E-state index contributed by atoms with van der Waals surface area (Å²) in [6, 6.07) is 15.3. The van der Waals surface area contributed by atoms with Gasteiger partial charge in [0.25, 0.3) is 0 Å². The Morgan fingerprint density at radius 1 is 1.20 bits per heavy atom. The number of hydrogen-bond donors (Lipinski definition) is 2. The molecule has 2 N–H and O–H groups in total. The highest BCUT2D eigenvalue weighted by Crippen LogP contribution is 2.31. The first kappa shape index (κ1) is 20.7. The van der Waals surface area contributed by atoms with Crippen molar-refractivity contribution in [3.63, 3.8) is 0 Å². The Morgan fingerprint density at radius 3 is 2.87 bits per heavy atom. The predicted octanol–water partition coefficient (Wildman–Crippen LogP) is 2.38. The highest BCUT2D eigenvalue weighted by molar-refractivity contribution is 7.89. The Morgan fingerprint density at radius 2 is 2.03 bits per heavy atom. The third kappa shape index (κ3) is 4.44. The van der Waals surface area contributed by atoms with Crippen LogP contribution in [0.4, 0.5) is 4.79 Å². The zero-order valence-corrected chi connectivity index (χ0v) is 17.8. The van der Waals surface area contributed by atoms with Gasteiger partial charge in [0.1, 0.15) is 12.4 Å². The number of urea groups is 1. The van der Waals surface area contributed by atoms with Crippen LogP contribution in [0.1, 0.15) is 18.9 Å². The molecule has 2 bridgehead atoms. The van der Waals surface area contributed by atoms with Gasteiger partial charge in [0.05, 0.1) is 18.3 Å². The van der Waals surface area contributed by atoms with Gasteiger partial charge in [-0.3, -0.25) is 0 Å². The van der Waals surface area contributed by atoms with E-state index in [9.17, 15) is 13.2 Å². The number of carbonyl (C=O) groups excluding carboxylic acids is 1. The fraction of sp³-hybridized carbons (Fsp3) is 0.409. The summed E-state index contributed by atoms with van der Waals surface area (Å²) in [7, 11) is -3.37. The second kappa shape index (κ2) is 8.65. The topological polar surface area (TPSA) is 87.7 Å². The molecule has 0 aromatic heterocycles. The van der Waals surface area contributed by atoms with Crippen molar-refractivity contribution in [1.29, 1.82) is 0 Å². The normalized spacial score (nSPS) is 21.9. The minimum absolute atomic E-state index is 0.0199. The van der Waals surface area contributed by atoms with Crippen LogP contribution < -0.4 is 14.8 Å². The number of amides is 2. The monoisotopic (exact) mass is 429 g/mol. The van der Waals surface area contributed by atoms with Crippen molar-refractivity contribution in [3.05, 3.63) is 54.1 Å². The molecule has 0 unspecified atom stereocenters. The van der Waals surface area contributed by atoms with E-state index in [1.165, 1.54) is 0 Å². The van der Waals surface area contributed by atoms with Crippen molar-refractivity contribution in [2.45, 2.75) is 31.8 Å². The Kier molecular flexibility index (Phi) is 5.97. The number of hydrogen-bond acceptors (Lipinski definition) is 4. The predicted molar refractivity (Wildman–Crippen MR) is 116 cm³/mol. The first-order valence-electron chi connectivity index (χ1n) is 10.3. The molecule has 2 aromatic rings. The van der Waals surface area contributed by atoms with E-state index < -0.39 is 10.0 Å². The quantitative estimate of drug-likeness (QED) is 0.784. The molecular formula is C22H27N3O4S. The summed E-state index contributed by atoms with van der Waals surface area (Å²) < 4.78 is 33.1. The number of benzene rings is 2. The lowest BCUT2D eigenvalue weighted by Gasteiger charge is -2.29. The Hall–Kier alpha value is -2.58. The van der Waals surface area contributed by atoms with Gasteiger partial charge in [-0.25, -0.2) is 17.9 Å². The summed E-state index contributed by atoms with van der Waals surface area (Å²) in [5, 5.41) is 2.91. The van der Waals surface area contributed by atoms with Gasteiger partial charge in [-0.15, -0.1) is 0 Å². The second-order valence-electron chi connectivity index (χ2n) is 7.66. The first-order valence-corrected chi connectivity index (χ1v) is 12.0. The highest BCUT2D eigenvalue weighted by atomic mass is 32.2. The van der Waals surface area contributed by atoms with Crippen molar-refractivity contribution in [2.75, 3.05) is 25.4 Å². The van der Waals surface area contributed by atoms with Crippen molar-refractivity contribution in [3.8, 4) is 16.9 Å². The number of ether oxygens (including phenoxy) is 1. The maximum absolute atomic E-state index is 12.8. The van der Waals surface area contributed by atoms with Crippen LogP contribution in [0.3, 0.4) is 0 Å². The largest absolute Gasteiger partial charge is 0.491 e. The van der Waals surface area contributed by atoms with Crippen LogP contribution in [-0.2, 0) is 16.4 Å². The number of para-hydroxylation sites is 1. The molecule has 2 aliphatic heterocycles. The van der Waals surface area contributed by atoms with Gasteiger partial charge in [-0.05, 0) is 37.0 Å². The lowest BCUT2D eigenvalue weighted by atomic mass is 9.96. The van der Waals surface area contributed by atoms with Crippen LogP contribution >= 0.6 is 0 Å². The number of rotatable bonds is 3. The number of nitrogens with zero attached hydrogens (tertiary/aromatic N) is 1. The third-order valence-corrected chi connectivity index (χ3v) is 7.15. The smallest absolute Gasteiger partial charge is 0.317 e. The van der Waals surface area contributed by atoms with Crippen LogP contribution in [0.5, 0.6) is 5.75 Å². The van der Waals surface area contributed by atoms with E-state index in [4.69, 9.17) is 4.74 Å². The minimum atomic E-state index is -3.37. The molecule has 160 valence electrons. The zero-order valence-electron chi connectivity index (χ0n) is 17.0. The van der Waals surface area contributed by atoms with Crippen LogP contribution in [0.15, 0.2) is 48.5 Å². The molecule has 2 aliphatic rings. The van der Waals surface area contributed by atoms with E-state index in [2.05, 4.69) is 16.1 Å². The molecule has 2 aromatic carbocycles. The molecule has 30 heavy (non-hydrogen) atoms. The van der Waals surface area contributed by atoms with Gasteiger partial charge in [0.2, 0.25) is 10.0 Å². The molecule has 2 amide bonds. The molecule has 0 saturated carbocycles. The highest BCUT2D eigenvalue weighted by Gasteiger charge is 2.38. The number of carbonyl (C=O) groups is 1. The van der Waals surface area contributed by atoms with Gasteiger partial charge >= 0.3 is 6.03 Å². The van der Waals surface area contributed by atoms with Gasteiger partial charge in [-0.2, -0.15) is 0 Å². The third-order valence-electron chi connectivity index (χ3n) is 5.72. The second-order valence-corrected chi connectivity index (χ2v) is 9.70. The first-order chi connectivity index (χ1) is 14.5. The number of fused-ring (bicyclic) bond motifs is 5. The van der Waals surface area contributed by atoms with E-state index in [1.54, 1.807) is 11.8 Å². The summed E-state index contributed by atoms with van der Waals surface area (Å²) in [5.74, 6) is 0.795. The molecular weight excluding hydrogens is 402 g/mol. The van der Waals surface area contributed by atoms with Crippen LogP contribution in [-0.4, -0.2) is 56.9 Å². The molecule has 1 saturated heterocycles. The van der Waals surface area contributed by atoms with E-state index in [0.717, 1.165) is 22.4 Å². The van der Waals surface area contributed by atoms with E-state index in [0.29, 0.717) is 32.5 Å². The number of sulfonamides is 1. The van der Waals surface area contributed by atoms with E-state index in [1.807, 2.05) is 42.5 Å². The molecule has 4 rings (SSSR count). The lowest BCUT2D eigenvalue weighted by molar-refractivity contribution is 0.186. The average molecular weight is 430 g/mol. The average Bonchev–Trinajstić information content (AvgIpc) is 3.12. The molecule has 7 nitrogen and oxygen atoms in total. The fourth-order valence-electron chi connectivity index (χ4n) is 4.17. The summed E-state index contributed by atoms with van der Waals surface area (Å²) in [6.45, 7) is 2.85. The molecule has 0 spiro atoms. The van der Waals surface area contributed by atoms with Gasteiger partial charge in [-0.1, -0.05) is 42.5 Å². The summed E-state index contributed by atoms with van der Waals surface area (Å²) in [4.78, 5) is 14.6. The molecule has 0 aliphatic carbocycles. The van der Waals surface area contributed by atoms with Crippen molar-refractivity contribution >= 4 is 16.1 Å². The Balaban J connectivity index is 1.70. The zero-order chi connectivity index (χ0) is 21.1. The standard InChI is InChI=1S/C22H27N3O4S/c1-2-30(27,28)24-19-10-12-25-20(19)15-16-6-5-7-17(14-16)18-8-3-4-9-21(18)29-13-11-23-22(25)26/h3-9,14,19-20,24H,2,10-13,15H2,1H3,(H,23,26)/t19-,20-/m1/s1. The maximum atomic E-state index is 12.8. The summed E-state index contributed by atoms with van der Waals surface area (Å²) >= 11 is 0. The molecule has 2 heterocycles. The molecule has 1 fully saturated rings. The number of nitrogens with one attached hydrogen (secondary N) is 2. The maximum Gasteiger partial charge on any atom is 0.317 e. The van der Waals surface area contributed by atoms with Crippen molar-refractivity contribution in [2.24, 2.45) is 0 Å². The Labute approximate surface area is 177 Å². The Bertz CT molecular complexity index is 1020. The van der Waals surface area contributed by atoms with Crippen molar-refractivity contribution in [1.82, 2.24) is 14.9 Å². The summed E-state index contributed by atoms with van der Waals surface area (Å²) in [6.07, 6.45) is 1.16. The van der Waals surface area contributed by atoms with Gasteiger partial charge in [0.15, 0.2) is 0 Å². The van der Waals surface area contributed by atoms with Crippen LogP contribution in [0, 0.1) is 0 Å². The fourth-order valence-corrected chi connectivity index (χ4v) is 5.07. The SMILES string of the molecule is CCS(=O)(=O)N[C@@H]1CCN2C(=O)NCCOc3ccccc3-c3cccc(c3)C[C@H]12.